The van der Waals surface area contributed by atoms with Gasteiger partial charge in [0.1, 0.15) is 12.4 Å². The van der Waals surface area contributed by atoms with Crippen LogP contribution < -0.4 is 10.1 Å². The highest BCUT2D eigenvalue weighted by molar-refractivity contribution is 6.08. The molecule has 0 fully saturated rings. The smallest absolute Gasteiger partial charge is 0.228 e. The first kappa shape index (κ1) is 16.9. The van der Waals surface area contributed by atoms with Gasteiger partial charge in [-0.2, -0.15) is 0 Å². The Morgan fingerprint density at radius 3 is 2.72 bits per heavy atom. The number of anilines is 1. The first-order valence-corrected chi connectivity index (χ1v) is 8.03. The van der Waals surface area contributed by atoms with Crippen LogP contribution in [0, 0.1) is 0 Å². The SMILES string of the molecule is COCCOc1ccc(C=CC(=O)c2ccc3c(c2)CC(=O)N3)cc1. The van der Waals surface area contributed by atoms with Crippen LogP contribution in [0.15, 0.2) is 48.5 Å². The lowest BCUT2D eigenvalue weighted by Gasteiger charge is -2.05. The van der Waals surface area contributed by atoms with Crippen molar-refractivity contribution >= 4 is 23.5 Å². The first-order chi connectivity index (χ1) is 12.2. The maximum atomic E-state index is 12.3. The number of methoxy groups -OCH3 is 1. The fourth-order valence-corrected chi connectivity index (χ4v) is 2.57. The monoisotopic (exact) mass is 337 g/mol. The average Bonchev–Trinajstić information content (AvgIpc) is 3.00. The number of carbonyl (C=O) groups is 2. The van der Waals surface area contributed by atoms with Gasteiger partial charge in [0.15, 0.2) is 5.78 Å². The van der Waals surface area contributed by atoms with E-state index in [-0.39, 0.29) is 11.7 Å². The van der Waals surface area contributed by atoms with Crippen LogP contribution in [-0.2, 0) is 16.0 Å². The lowest BCUT2D eigenvalue weighted by Crippen LogP contribution is -2.03. The minimum Gasteiger partial charge on any atom is -0.491 e. The Bertz CT molecular complexity index is 809. The molecule has 0 spiro atoms. The third-order valence-electron chi connectivity index (χ3n) is 3.88. The van der Waals surface area contributed by atoms with Gasteiger partial charge in [-0.25, -0.2) is 0 Å². The van der Waals surface area contributed by atoms with Crippen molar-refractivity contribution < 1.29 is 19.1 Å². The van der Waals surface area contributed by atoms with Crippen molar-refractivity contribution in [2.24, 2.45) is 0 Å². The van der Waals surface area contributed by atoms with Gasteiger partial charge in [-0.05, 0) is 47.5 Å². The van der Waals surface area contributed by atoms with Crippen LogP contribution in [0.3, 0.4) is 0 Å². The van der Waals surface area contributed by atoms with E-state index in [4.69, 9.17) is 9.47 Å². The van der Waals surface area contributed by atoms with E-state index >= 15 is 0 Å². The fraction of sp³-hybridized carbons (Fsp3) is 0.200. The molecule has 0 bridgehead atoms. The molecule has 128 valence electrons. The minimum absolute atomic E-state index is 0.0389. The molecule has 0 atom stereocenters. The summed E-state index contributed by atoms with van der Waals surface area (Å²) >= 11 is 0. The number of nitrogens with one attached hydrogen (secondary N) is 1. The van der Waals surface area contributed by atoms with Crippen molar-refractivity contribution in [1.29, 1.82) is 0 Å². The molecule has 0 aromatic heterocycles. The van der Waals surface area contributed by atoms with Crippen LogP contribution in [0.25, 0.3) is 6.08 Å². The Morgan fingerprint density at radius 2 is 1.96 bits per heavy atom. The molecule has 0 radical (unpaired) electrons. The first-order valence-electron chi connectivity index (χ1n) is 8.03. The third kappa shape index (κ3) is 4.33. The maximum absolute atomic E-state index is 12.3. The minimum atomic E-state index is -0.0948. The number of hydrogen-bond donors (Lipinski definition) is 1. The van der Waals surface area contributed by atoms with Crippen molar-refractivity contribution in [2.45, 2.75) is 6.42 Å². The normalized spacial score (nSPS) is 12.9. The van der Waals surface area contributed by atoms with Crippen molar-refractivity contribution in [2.75, 3.05) is 25.6 Å². The van der Waals surface area contributed by atoms with Crippen LogP contribution >= 0.6 is 0 Å². The van der Waals surface area contributed by atoms with Gasteiger partial charge in [0.25, 0.3) is 0 Å². The van der Waals surface area contributed by atoms with Gasteiger partial charge in [0, 0.05) is 18.4 Å². The van der Waals surface area contributed by atoms with Gasteiger partial charge < -0.3 is 14.8 Å². The van der Waals surface area contributed by atoms with Gasteiger partial charge in [0.05, 0.1) is 13.0 Å². The van der Waals surface area contributed by atoms with Gasteiger partial charge in [-0.3, -0.25) is 9.59 Å². The Morgan fingerprint density at radius 1 is 1.16 bits per heavy atom. The van der Waals surface area contributed by atoms with Crippen molar-refractivity contribution in [3.8, 4) is 5.75 Å². The van der Waals surface area contributed by atoms with E-state index in [9.17, 15) is 9.59 Å². The quantitative estimate of drug-likeness (QED) is 0.479. The summed E-state index contributed by atoms with van der Waals surface area (Å²) < 4.78 is 10.4. The molecule has 5 heteroatoms. The fourth-order valence-electron chi connectivity index (χ4n) is 2.57. The van der Waals surface area contributed by atoms with Crippen LogP contribution in [0.1, 0.15) is 21.5 Å². The second-order valence-electron chi connectivity index (χ2n) is 5.70. The summed E-state index contributed by atoms with van der Waals surface area (Å²) in [6.45, 7) is 1.04. The second-order valence-corrected chi connectivity index (χ2v) is 5.70. The Labute approximate surface area is 146 Å². The molecule has 1 heterocycles. The molecule has 1 aliphatic heterocycles. The molecule has 0 saturated heterocycles. The Balaban J connectivity index is 1.63. The second kappa shape index (κ2) is 7.77. The number of rotatable bonds is 7. The summed E-state index contributed by atoms with van der Waals surface area (Å²) in [5, 5.41) is 2.76. The van der Waals surface area contributed by atoms with E-state index < -0.39 is 0 Å². The largest absolute Gasteiger partial charge is 0.491 e. The molecule has 2 aromatic rings. The predicted molar refractivity (Wildman–Crippen MR) is 96.0 cm³/mol. The molecular formula is C20H19NO4. The predicted octanol–water partition coefficient (Wildman–Crippen LogP) is 3.10. The molecule has 1 aliphatic rings. The number of hydrogen-bond acceptors (Lipinski definition) is 4. The van der Waals surface area contributed by atoms with Crippen molar-refractivity contribution in [3.63, 3.8) is 0 Å². The summed E-state index contributed by atoms with van der Waals surface area (Å²) in [5.41, 5.74) is 3.13. The van der Waals surface area contributed by atoms with Gasteiger partial charge in [-0.1, -0.05) is 18.2 Å². The van der Waals surface area contributed by atoms with E-state index in [0.29, 0.717) is 25.2 Å². The number of ether oxygens (including phenoxy) is 2. The van der Waals surface area contributed by atoms with Crippen LogP contribution in [0.5, 0.6) is 5.75 Å². The number of carbonyl (C=O) groups excluding carboxylic acids is 2. The maximum Gasteiger partial charge on any atom is 0.228 e. The Hall–Kier alpha value is -2.92. The molecule has 25 heavy (non-hydrogen) atoms. The zero-order valence-corrected chi connectivity index (χ0v) is 14.0. The summed E-state index contributed by atoms with van der Waals surface area (Å²) in [5.74, 6) is 0.627. The van der Waals surface area contributed by atoms with Crippen LogP contribution in [0.2, 0.25) is 0 Å². The number of fused-ring (bicyclic) bond motifs is 1. The number of allylic oxidation sites excluding steroid dienone is 1. The zero-order chi connectivity index (χ0) is 17.6. The zero-order valence-electron chi connectivity index (χ0n) is 14.0. The molecule has 1 N–H and O–H groups in total. The molecular weight excluding hydrogens is 318 g/mol. The molecule has 3 rings (SSSR count). The lowest BCUT2D eigenvalue weighted by atomic mass is 10.0. The number of amides is 1. The molecule has 0 saturated carbocycles. The standard InChI is InChI=1S/C20H19NO4/c1-24-10-11-25-17-6-2-14(3-7-17)4-9-19(22)15-5-8-18-16(12-15)13-20(23)21-18/h2-9,12H,10-11,13H2,1H3,(H,21,23). The van der Waals surface area contributed by atoms with E-state index in [1.807, 2.05) is 24.3 Å². The molecule has 1 amide bonds. The van der Waals surface area contributed by atoms with Crippen molar-refractivity contribution in [1.82, 2.24) is 0 Å². The van der Waals surface area contributed by atoms with Crippen LogP contribution in [-0.4, -0.2) is 32.0 Å². The van der Waals surface area contributed by atoms with E-state index in [1.165, 1.54) is 6.08 Å². The summed E-state index contributed by atoms with van der Waals surface area (Å²) in [6.07, 6.45) is 3.62. The number of benzene rings is 2. The van der Waals surface area contributed by atoms with Gasteiger partial charge in [-0.15, -0.1) is 0 Å². The Kier molecular flexibility index (Phi) is 5.26. The molecule has 0 unspecified atom stereocenters. The number of ketones is 1. The summed E-state index contributed by atoms with van der Waals surface area (Å²) in [6, 6.07) is 12.7. The molecule has 2 aromatic carbocycles. The third-order valence-corrected chi connectivity index (χ3v) is 3.88. The average molecular weight is 337 g/mol. The lowest BCUT2D eigenvalue weighted by molar-refractivity contribution is -0.115. The molecule has 5 nitrogen and oxygen atoms in total. The van der Waals surface area contributed by atoms with Gasteiger partial charge in [0.2, 0.25) is 5.91 Å². The van der Waals surface area contributed by atoms with Crippen molar-refractivity contribution in [3.05, 3.63) is 65.2 Å². The summed E-state index contributed by atoms with van der Waals surface area (Å²) in [4.78, 5) is 23.7. The molecule has 0 aliphatic carbocycles. The van der Waals surface area contributed by atoms with Gasteiger partial charge >= 0.3 is 0 Å². The van der Waals surface area contributed by atoms with E-state index in [0.717, 1.165) is 22.6 Å². The van der Waals surface area contributed by atoms with E-state index in [1.54, 1.807) is 31.4 Å². The highest BCUT2D eigenvalue weighted by Gasteiger charge is 2.18. The van der Waals surface area contributed by atoms with E-state index in [2.05, 4.69) is 5.32 Å². The topological polar surface area (TPSA) is 64.6 Å². The highest BCUT2D eigenvalue weighted by atomic mass is 16.5. The summed E-state index contributed by atoms with van der Waals surface area (Å²) in [7, 11) is 1.63. The van der Waals surface area contributed by atoms with Crippen LogP contribution in [0.4, 0.5) is 5.69 Å². The highest BCUT2D eigenvalue weighted by Crippen LogP contribution is 2.24.